The Labute approximate surface area is 180 Å². The first-order chi connectivity index (χ1) is 14.2. The molecule has 0 radical (unpaired) electrons. The molecule has 0 heterocycles. The predicted molar refractivity (Wildman–Crippen MR) is 122 cm³/mol. The summed E-state index contributed by atoms with van der Waals surface area (Å²) in [6, 6.07) is 19.3. The summed E-state index contributed by atoms with van der Waals surface area (Å²) in [6.07, 6.45) is 4.72. The predicted octanol–water partition coefficient (Wildman–Crippen LogP) is 6.58. The monoisotopic (exact) mass is 455 g/mol. The Morgan fingerprint density at radius 3 is 2.52 bits per heavy atom. The van der Waals surface area contributed by atoms with Crippen LogP contribution in [0, 0.1) is 0 Å². The summed E-state index contributed by atoms with van der Waals surface area (Å²) >= 11 is 3.57. The number of halogens is 1. The van der Waals surface area contributed by atoms with Crippen molar-refractivity contribution >= 4 is 38.3 Å². The van der Waals surface area contributed by atoms with Crippen LogP contribution >= 0.6 is 15.9 Å². The summed E-state index contributed by atoms with van der Waals surface area (Å²) in [5.41, 5.74) is 0.717. The maximum atomic E-state index is 12.2. The van der Waals surface area contributed by atoms with E-state index in [-0.39, 0.29) is 12.5 Å². The van der Waals surface area contributed by atoms with Crippen molar-refractivity contribution in [3.63, 3.8) is 0 Å². The molecule has 1 amide bonds. The standard InChI is InChI=1S/C24H26BrNO3/c1-2-3-4-7-16-28-20-13-11-19(12-14-20)26-23(27)17-29-22-15-10-18-8-5-6-9-21(18)24(22)25/h5-6,8-15H,2-4,7,16-17H2,1H3,(H,26,27). The Kier molecular flexibility index (Phi) is 7.94. The largest absolute Gasteiger partial charge is 0.494 e. The Morgan fingerprint density at radius 1 is 0.931 bits per heavy atom. The summed E-state index contributed by atoms with van der Waals surface area (Å²) in [7, 11) is 0. The van der Waals surface area contributed by atoms with Gasteiger partial charge in [-0.15, -0.1) is 0 Å². The van der Waals surface area contributed by atoms with Gasteiger partial charge in [0.2, 0.25) is 0 Å². The van der Waals surface area contributed by atoms with E-state index in [0.29, 0.717) is 5.75 Å². The SMILES string of the molecule is CCCCCCOc1ccc(NC(=O)COc2ccc3ccccc3c2Br)cc1. The summed E-state index contributed by atoms with van der Waals surface area (Å²) in [6.45, 7) is 2.85. The number of nitrogens with one attached hydrogen (secondary N) is 1. The van der Waals surface area contributed by atoms with E-state index in [0.717, 1.165) is 39.7 Å². The van der Waals surface area contributed by atoms with E-state index in [1.807, 2.05) is 60.7 Å². The molecule has 0 saturated heterocycles. The number of fused-ring (bicyclic) bond motifs is 1. The van der Waals surface area contributed by atoms with Crippen LogP contribution in [0.25, 0.3) is 10.8 Å². The number of benzene rings is 3. The molecule has 0 aliphatic rings. The molecule has 3 aromatic rings. The van der Waals surface area contributed by atoms with Crippen molar-refractivity contribution in [3.8, 4) is 11.5 Å². The molecule has 0 spiro atoms. The molecular formula is C24H26BrNO3. The van der Waals surface area contributed by atoms with Crippen molar-refractivity contribution in [3.05, 3.63) is 65.1 Å². The minimum Gasteiger partial charge on any atom is -0.494 e. The number of rotatable bonds is 10. The number of hydrogen-bond acceptors (Lipinski definition) is 3. The normalized spacial score (nSPS) is 10.7. The van der Waals surface area contributed by atoms with Crippen molar-refractivity contribution in [2.45, 2.75) is 32.6 Å². The zero-order valence-electron chi connectivity index (χ0n) is 16.6. The number of amides is 1. The average molecular weight is 456 g/mol. The van der Waals surface area contributed by atoms with Crippen molar-refractivity contribution in [1.82, 2.24) is 0 Å². The summed E-state index contributed by atoms with van der Waals surface area (Å²) in [5, 5.41) is 5.01. The molecule has 0 aliphatic heterocycles. The topological polar surface area (TPSA) is 47.6 Å². The molecule has 0 unspecified atom stereocenters. The van der Waals surface area contributed by atoms with Gasteiger partial charge >= 0.3 is 0 Å². The molecule has 1 N–H and O–H groups in total. The van der Waals surface area contributed by atoms with Gasteiger partial charge in [0, 0.05) is 5.69 Å². The fourth-order valence-corrected chi connectivity index (χ4v) is 3.63. The van der Waals surface area contributed by atoms with Gasteiger partial charge in [-0.25, -0.2) is 0 Å². The highest BCUT2D eigenvalue weighted by molar-refractivity contribution is 9.10. The van der Waals surface area contributed by atoms with Crippen LogP contribution in [0.1, 0.15) is 32.6 Å². The lowest BCUT2D eigenvalue weighted by Crippen LogP contribution is -2.20. The fraction of sp³-hybridized carbons (Fsp3) is 0.292. The van der Waals surface area contributed by atoms with Gasteiger partial charge in [0.15, 0.2) is 6.61 Å². The van der Waals surface area contributed by atoms with Crippen LogP contribution in [0.4, 0.5) is 5.69 Å². The molecule has 0 atom stereocenters. The van der Waals surface area contributed by atoms with Gasteiger partial charge in [-0.3, -0.25) is 4.79 Å². The molecule has 29 heavy (non-hydrogen) atoms. The smallest absolute Gasteiger partial charge is 0.262 e. The van der Waals surface area contributed by atoms with Gasteiger partial charge in [-0.2, -0.15) is 0 Å². The van der Waals surface area contributed by atoms with Crippen LogP contribution in [0.15, 0.2) is 65.1 Å². The zero-order valence-corrected chi connectivity index (χ0v) is 18.2. The molecule has 0 saturated carbocycles. The highest BCUT2D eigenvalue weighted by atomic mass is 79.9. The van der Waals surface area contributed by atoms with E-state index in [4.69, 9.17) is 9.47 Å². The van der Waals surface area contributed by atoms with Gasteiger partial charge in [0.1, 0.15) is 11.5 Å². The average Bonchev–Trinajstić information content (AvgIpc) is 2.74. The number of ether oxygens (including phenoxy) is 2. The third-order valence-electron chi connectivity index (χ3n) is 4.59. The van der Waals surface area contributed by atoms with Crippen LogP contribution in [0.5, 0.6) is 11.5 Å². The first-order valence-electron chi connectivity index (χ1n) is 10.00. The summed E-state index contributed by atoms with van der Waals surface area (Å²) < 4.78 is 12.3. The van der Waals surface area contributed by atoms with E-state index in [1.165, 1.54) is 19.3 Å². The third kappa shape index (κ3) is 6.23. The van der Waals surface area contributed by atoms with E-state index in [2.05, 4.69) is 28.2 Å². The first-order valence-corrected chi connectivity index (χ1v) is 10.8. The molecule has 0 bridgehead atoms. The highest BCUT2D eigenvalue weighted by Gasteiger charge is 2.09. The third-order valence-corrected chi connectivity index (χ3v) is 5.41. The Hall–Kier alpha value is -2.53. The van der Waals surface area contributed by atoms with Crippen molar-refractivity contribution in [2.75, 3.05) is 18.5 Å². The summed E-state index contributed by atoms with van der Waals surface area (Å²) in [4.78, 5) is 12.2. The van der Waals surface area contributed by atoms with E-state index >= 15 is 0 Å². The minimum absolute atomic E-state index is 0.0629. The molecule has 0 aliphatic carbocycles. The molecule has 4 nitrogen and oxygen atoms in total. The molecule has 5 heteroatoms. The number of hydrogen-bond donors (Lipinski definition) is 1. The van der Waals surface area contributed by atoms with Crippen LogP contribution in [0.3, 0.4) is 0 Å². The van der Waals surface area contributed by atoms with Crippen LogP contribution in [0.2, 0.25) is 0 Å². The van der Waals surface area contributed by atoms with Crippen molar-refractivity contribution < 1.29 is 14.3 Å². The number of carbonyl (C=O) groups is 1. The van der Waals surface area contributed by atoms with Gasteiger partial charge in [0.05, 0.1) is 11.1 Å². The van der Waals surface area contributed by atoms with Crippen molar-refractivity contribution in [2.24, 2.45) is 0 Å². The molecule has 0 aromatic heterocycles. The zero-order chi connectivity index (χ0) is 20.5. The Balaban J connectivity index is 1.48. The maximum Gasteiger partial charge on any atom is 0.262 e. The van der Waals surface area contributed by atoms with E-state index in [9.17, 15) is 4.79 Å². The van der Waals surface area contributed by atoms with E-state index < -0.39 is 0 Å². The molecule has 3 aromatic carbocycles. The second-order valence-electron chi connectivity index (χ2n) is 6.87. The molecule has 152 valence electrons. The molecule has 3 rings (SSSR count). The Bertz CT molecular complexity index is 941. The second kappa shape index (κ2) is 10.9. The van der Waals surface area contributed by atoms with Gasteiger partial charge in [-0.05, 0) is 63.5 Å². The number of carbonyl (C=O) groups excluding carboxylic acids is 1. The van der Waals surface area contributed by atoms with Crippen LogP contribution in [-0.2, 0) is 4.79 Å². The van der Waals surface area contributed by atoms with Gasteiger partial charge in [-0.1, -0.05) is 56.5 Å². The molecular weight excluding hydrogens is 430 g/mol. The Morgan fingerprint density at radius 2 is 1.72 bits per heavy atom. The fourth-order valence-electron chi connectivity index (χ4n) is 3.02. The second-order valence-corrected chi connectivity index (χ2v) is 7.66. The van der Waals surface area contributed by atoms with Gasteiger partial charge in [0.25, 0.3) is 5.91 Å². The van der Waals surface area contributed by atoms with Gasteiger partial charge < -0.3 is 14.8 Å². The number of anilines is 1. The lowest BCUT2D eigenvalue weighted by Gasteiger charge is -2.11. The quantitative estimate of drug-likeness (QED) is 0.351. The highest BCUT2D eigenvalue weighted by Crippen LogP contribution is 2.33. The van der Waals surface area contributed by atoms with Crippen LogP contribution in [-0.4, -0.2) is 19.1 Å². The summed E-state index contributed by atoms with van der Waals surface area (Å²) in [5.74, 6) is 1.25. The minimum atomic E-state index is -0.210. The first kappa shape index (κ1) is 21.2. The lowest BCUT2D eigenvalue weighted by atomic mass is 10.1. The molecule has 0 fully saturated rings. The number of unbranched alkanes of at least 4 members (excludes halogenated alkanes) is 3. The maximum absolute atomic E-state index is 12.2. The lowest BCUT2D eigenvalue weighted by molar-refractivity contribution is -0.118. The van der Waals surface area contributed by atoms with Crippen molar-refractivity contribution in [1.29, 1.82) is 0 Å². The van der Waals surface area contributed by atoms with E-state index in [1.54, 1.807) is 0 Å². The van der Waals surface area contributed by atoms with Crippen LogP contribution < -0.4 is 14.8 Å².